The minimum atomic E-state index is -0.280. The number of hydrogen-bond donors (Lipinski definition) is 1. The number of nitrogens with zero attached hydrogens (tertiary/aromatic N) is 4. The van der Waals surface area contributed by atoms with Crippen LogP contribution in [0.1, 0.15) is 21.0 Å². The van der Waals surface area contributed by atoms with Crippen LogP contribution in [0.15, 0.2) is 71.4 Å². The van der Waals surface area contributed by atoms with Crippen molar-refractivity contribution in [1.82, 2.24) is 14.9 Å². The Morgan fingerprint density at radius 3 is 1.84 bits per heavy atom. The van der Waals surface area contributed by atoms with Crippen LogP contribution in [0.5, 0.6) is 0 Å². The lowest BCUT2D eigenvalue weighted by molar-refractivity contribution is 0.112. The third-order valence-corrected chi connectivity index (χ3v) is 5.77. The first-order valence-electron chi connectivity index (χ1n) is 9.57. The fourth-order valence-electron chi connectivity index (χ4n) is 2.62. The third-order valence-electron chi connectivity index (χ3n) is 4.12. The molecule has 0 spiro atoms. The number of carbonyl (C=O) groups excluding carboxylic acids is 1. The van der Waals surface area contributed by atoms with Gasteiger partial charge in [0.05, 0.1) is 11.4 Å². The minimum absolute atomic E-state index is 0.280. The van der Waals surface area contributed by atoms with E-state index in [1.165, 1.54) is 22.7 Å². The molecule has 0 amide bonds. The number of aliphatic hydroxyl groups excluding tert-OH is 1. The molecule has 6 nitrogen and oxygen atoms in total. The molecule has 4 rings (SSSR count). The van der Waals surface area contributed by atoms with Crippen molar-refractivity contribution in [3.8, 4) is 22.5 Å². The fraction of sp³-hybridized carbons (Fsp3) is 0.167. The van der Waals surface area contributed by atoms with E-state index in [0.717, 1.165) is 40.9 Å². The van der Waals surface area contributed by atoms with Gasteiger partial charge < -0.3 is 5.11 Å². The Morgan fingerprint density at radius 2 is 1.41 bits per heavy atom. The van der Waals surface area contributed by atoms with Gasteiger partial charge >= 0.3 is 6.17 Å². The van der Waals surface area contributed by atoms with Crippen molar-refractivity contribution in [2.75, 3.05) is 21.2 Å². The summed E-state index contributed by atoms with van der Waals surface area (Å²) in [5, 5.41) is 12.3. The zero-order chi connectivity index (χ0) is 23.3. The van der Waals surface area contributed by atoms with E-state index < -0.39 is 0 Å². The molecule has 0 saturated heterocycles. The summed E-state index contributed by atoms with van der Waals surface area (Å²) in [7, 11) is 4.79. The molecule has 0 bridgehead atoms. The maximum absolute atomic E-state index is 10.4. The molecule has 8 heteroatoms. The summed E-state index contributed by atoms with van der Waals surface area (Å²) < 4.78 is 0. The van der Waals surface area contributed by atoms with Crippen molar-refractivity contribution in [3.05, 3.63) is 92.9 Å². The van der Waals surface area contributed by atoms with Crippen molar-refractivity contribution < 1.29 is 9.90 Å². The smallest absolute Gasteiger partial charge is 0.331 e. The van der Waals surface area contributed by atoms with E-state index >= 15 is 0 Å². The van der Waals surface area contributed by atoms with Gasteiger partial charge in [0, 0.05) is 29.0 Å². The Bertz CT molecular complexity index is 1120. The average molecular weight is 465 g/mol. The average Bonchev–Trinajstić information content (AvgIpc) is 3.53. The normalized spacial score (nSPS) is 10.8. The third kappa shape index (κ3) is 6.90. The molecule has 0 fully saturated rings. The minimum Gasteiger partial charge on any atom is -0.400 e. The van der Waals surface area contributed by atoms with Crippen molar-refractivity contribution in [2.24, 2.45) is 0 Å². The molecular weight excluding hydrogens is 440 g/mol. The lowest BCUT2D eigenvalue weighted by atomic mass is 10.2. The Labute approximate surface area is 196 Å². The van der Waals surface area contributed by atoms with Gasteiger partial charge in [0.2, 0.25) is 0 Å². The molecule has 0 aliphatic carbocycles. The number of aldehydes is 1. The van der Waals surface area contributed by atoms with Gasteiger partial charge in [-0.15, -0.1) is 22.7 Å². The molecule has 2 aromatic carbocycles. The van der Waals surface area contributed by atoms with Gasteiger partial charge in [-0.1, -0.05) is 60.7 Å². The maximum atomic E-state index is 10.4. The van der Waals surface area contributed by atoms with Crippen molar-refractivity contribution >= 4 is 29.0 Å². The number of carbonyl (C=O) groups is 1. The van der Waals surface area contributed by atoms with Crippen LogP contribution >= 0.6 is 22.7 Å². The van der Waals surface area contributed by atoms with E-state index in [4.69, 9.17) is 11.7 Å². The van der Waals surface area contributed by atoms with Crippen LogP contribution in [0.3, 0.4) is 0 Å². The molecule has 2 aromatic heterocycles. The Balaban J connectivity index is 0.000000217. The second-order valence-corrected chi connectivity index (χ2v) is 8.24. The van der Waals surface area contributed by atoms with E-state index in [9.17, 15) is 4.79 Å². The second-order valence-electron chi connectivity index (χ2n) is 6.46. The monoisotopic (exact) mass is 464 g/mol. The van der Waals surface area contributed by atoms with E-state index in [0.29, 0.717) is 5.01 Å². The van der Waals surface area contributed by atoms with Crippen LogP contribution in [0.2, 0.25) is 0 Å². The van der Waals surface area contributed by atoms with Crippen LogP contribution in [0.25, 0.3) is 27.4 Å². The van der Waals surface area contributed by atoms with Crippen LogP contribution in [-0.2, 0) is 0 Å². The molecule has 32 heavy (non-hydrogen) atoms. The summed E-state index contributed by atoms with van der Waals surface area (Å²) in [4.78, 5) is 24.5. The standard InChI is InChI=1S/C13H13N3S.C10H7NOS.CH4O/c1-14-12(16(2)3)13-15-11(9-17-13)10-7-5-4-6-8-10;12-6-10-11-9(7-13-10)8-4-2-1-3-5-8;1-2/h4-9,12H,2-3H3;1-7H;2H,1H3. The van der Waals surface area contributed by atoms with Crippen molar-refractivity contribution in [3.63, 3.8) is 0 Å². The highest BCUT2D eigenvalue weighted by molar-refractivity contribution is 7.11. The summed E-state index contributed by atoms with van der Waals surface area (Å²) in [6.45, 7) is 7.19. The summed E-state index contributed by atoms with van der Waals surface area (Å²) in [5.41, 5.74) is 3.96. The van der Waals surface area contributed by atoms with E-state index in [1.807, 2.05) is 90.4 Å². The summed E-state index contributed by atoms with van der Waals surface area (Å²) in [5.74, 6) is 0. The highest BCUT2D eigenvalue weighted by Gasteiger charge is 2.22. The predicted octanol–water partition coefficient (Wildman–Crippen LogP) is 5.52. The lowest BCUT2D eigenvalue weighted by Crippen LogP contribution is -2.16. The molecule has 2 heterocycles. The summed E-state index contributed by atoms with van der Waals surface area (Å²) >= 11 is 2.90. The molecule has 0 saturated carbocycles. The fourth-order valence-corrected chi connectivity index (χ4v) is 4.21. The predicted molar refractivity (Wildman–Crippen MR) is 132 cm³/mol. The quantitative estimate of drug-likeness (QED) is 0.311. The molecule has 0 radical (unpaired) electrons. The van der Waals surface area contributed by atoms with E-state index in [-0.39, 0.29) is 6.17 Å². The molecular formula is C24H24N4O2S2. The van der Waals surface area contributed by atoms with Gasteiger partial charge in [-0.25, -0.2) is 21.4 Å². The Kier molecular flexibility index (Phi) is 10.4. The molecule has 1 N–H and O–H groups in total. The van der Waals surface area contributed by atoms with Crippen LogP contribution < -0.4 is 0 Å². The first-order valence-corrected chi connectivity index (χ1v) is 11.3. The zero-order valence-electron chi connectivity index (χ0n) is 18.0. The molecule has 0 aliphatic heterocycles. The van der Waals surface area contributed by atoms with Crippen LogP contribution in [0, 0.1) is 6.57 Å². The zero-order valence-corrected chi connectivity index (χ0v) is 19.7. The van der Waals surface area contributed by atoms with Crippen molar-refractivity contribution in [1.29, 1.82) is 0 Å². The summed E-state index contributed by atoms with van der Waals surface area (Å²) in [6, 6.07) is 19.8. The lowest BCUT2D eigenvalue weighted by Gasteiger charge is -2.09. The number of aromatic nitrogens is 2. The second kappa shape index (κ2) is 13.2. The topological polar surface area (TPSA) is 70.7 Å². The largest absolute Gasteiger partial charge is 0.400 e. The first-order chi connectivity index (χ1) is 15.6. The highest BCUT2D eigenvalue weighted by atomic mass is 32.1. The van der Waals surface area contributed by atoms with Crippen molar-refractivity contribution in [2.45, 2.75) is 6.17 Å². The van der Waals surface area contributed by atoms with Gasteiger partial charge in [-0.3, -0.25) is 9.64 Å². The molecule has 0 aliphatic rings. The number of benzene rings is 2. The van der Waals surface area contributed by atoms with Crippen LogP contribution in [0.4, 0.5) is 0 Å². The Morgan fingerprint density at radius 1 is 0.906 bits per heavy atom. The molecule has 1 atom stereocenters. The van der Waals surface area contributed by atoms with Gasteiger partial charge in [0.1, 0.15) is 0 Å². The first kappa shape index (κ1) is 25.0. The number of thiazole rings is 2. The molecule has 4 aromatic rings. The molecule has 164 valence electrons. The summed E-state index contributed by atoms with van der Waals surface area (Å²) in [6.07, 6.45) is 0.495. The van der Waals surface area contributed by atoms with Gasteiger partial charge in [-0.2, -0.15) is 0 Å². The Hall–Kier alpha value is -3.22. The van der Waals surface area contributed by atoms with E-state index in [1.54, 1.807) is 0 Å². The van der Waals surface area contributed by atoms with E-state index in [2.05, 4.69) is 14.8 Å². The number of aliphatic hydroxyl groups is 1. The van der Waals surface area contributed by atoms with Gasteiger partial charge in [0.15, 0.2) is 16.3 Å². The SMILES string of the molecule is CO.O=Cc1nc(-c2ccccc2)cs1.[C-]#[N+]C(c1nc(-c2ccccc2)cs1)N(C)C. The van der Waals surface area contributed by atoms with Crippen LogP contribution in [-0.4, -0.2) is 47.5 Å². The van der Waals surface area contributed by atoms with Gasteiger partial charge in [0.25, 0.3) is 0 Å². The maximum Gasteiger partial charge on any atom is 0.331 e. The van der Waals surface area contributed by atoms with Gasteiger partial charge in [-0.05, 0) is 14.1 Å². The number of rotatable bonds is 5. The number of hydrogen-bond acceptors (Lipinski definition) is 7. The molecule has 1 unspecified atom stereocenters. The highest BCUT2D eigenvalue weighted by Crippen LogP contribution is 2.28.